The van der Waals surface area contributed by atoms with E-state index < -0.39 is 10.1 Å². The van der Waals surface area contributed by atoms with Crippen LogP contribution in [0.3, 0.4) is 0 Å². The smallest absolute Gasteiger partial charge is 0.264 e. The topological polar surface area (TPSA) is 43.4 Å². The van der Waals surface area contributed by atoms with Crippen LogP contribution in [0.4, 0.5) is 0 Å². The van der Waals surface area contributed by atoms with Gasteiger partial charge in [0.15, 0.2) is 0 Å². The van der Waals surface area contributed by atoms with Crippen molar-refractivity contribution in [3.05, 3.63) is 42.5 Å². The Morgan fingerprint density at radius 3 is 2.29 bits per heavy atom. The Kier molecular flexibility index (Phi) is 3.17. The molecule has 0 aliphatic heterocycles. The van der Waals surface area contributed by atoms with Crippen molar-refractivity contribution in [2.45, 2.75) is 24.8 Å². The standard InChI is InChI=1S/C13H14O3S/c1-10(2)16-17(14,15)13-8-7-11-5-3-4-6-12(11)9-13/h3-10H,1-2H3. The minimum atomic E-state index is -3.65. The normalized spacial score (nSPS) is 12.2. The van der Waals surface area contributed by atoms with Gasteiger partial charge in [0.2, 0.25) is 0 Å². The lowest BCUT2D eigenvalue weighted by atomic mass is 10.1. The van der Waals surface area contributed by atoms with E-state index in [9.17, 15) is 8.42 Å². The van der Waals surface area contributed by atoms with Crippen molar-refractivity contribution < 1.29 is 12.6 Å². The van der Waals surface area contributed by atoms with Crippen molar-refractivity contribution in [3.8, 4) is 0 Å². The zero-order valence-corrected chi connectivity index (χ0v) is 10.6. The number of hydrogen-bond acceptors (Lipinski definition) is 3. The molecule has 0 bridgehead atoms. The summed E-state index contributed by atoms with van der Waals surface area (Å²) in [4.78, 5) is 0.199. The highest BCUT2D eigenvalue weighted by Gasteiger charge is 2.16. The maximum atomic E-state index is 11.9. The molecule has 2 aromatic carbocycles. The van der Waals surface area contributed by atoms with Crippen LogP contribution in [0.5, 0.6) is 0 Å². The molecule has 0 radical (unpaired) electrons. The molecule has 0 atom stereocenters. The van der Waals surface area contributed by atoms with E-state index in [1.165, 1.54) is 0 Å². The fourth-order valence-corrected chi connectivity index (χ4v) is 2.76. The fraction of sp³-hybridized carbons (Fsp3) is 0.231. The van der Waals surface area contributed by atoms with Gasteiger partial charge in [-0.1, -0.05) is 30.3 Å². The van der Waals surface area contributed by atoms with E-state index in [1.807, 2.05) is 24.3 Å². The lowest BCUT2D eigenvalue weighted by Crippen LogP contribution is -2.12. The van der Waals surface area contributed by atoms with E-state index in [1.54, 1.807) is 32.0 Å². The van der Waals surface area contributed by atoms with Crippen molar-refractivity contribution in [2.24, 2.45) is 0 Å². The minimum Gasteiger partial charge on any atom is -0.264 e. The summed E-state index contributed by atoms with van der Waals surface area (Å²) < 4.78 is 28.7. The Bertz CT molecular complexity index is 630. The zero-order chi connectivity index (χ0) is 12.5. The van der Waals surface area contributed by atoms with E-state index in [-0.39, 0.29) is 11.0 Å². The van der Waals surface area contributed by atoms with Crippen LogP contribution in [0.2, 0.25) is 0 Å². The molecule has 0 fully saturated rings. The average Bonchev–Trinajstić information content (AvgIpc) is 2.26. The second kappa shape index (κ2) is 4.47. The van der Waals surface area contributed by atoms with Crippen molar-refractivity contribution >= 4 is 20.9 Å². The molecular weight excluding hydrogens is 236 g/mol. The monoisotopic (exact) mass is 250 g/mol. The van der Waals surface area contributed by atoms with Crippen LogP contribution in [-0.2, 0) is 14.3 Å². The molecule has 0 heterocycles. The molecule has 2 rings (SSSR count). The molecule has 0 amide bonds. The first-order chi connectivity index (χ1) is 7.99. The Morgan fingerprint density at radius 2 is 1.65 bits per heavy atom. The van der Waals surface area contributed by atoms with Crippen molar-refractivity contribution in [2.75, 3.05) is 0 Å². The molecular formula is C13H14O3S. The Morgan fingerprint density at radius 1 is 1.00 bits per heavy atom. The molecule has 17 heavy (non-hydrogen) atoms. The summed E-state index contributed by atoms with van der Waals surface area (Å²) in [5, 5.41) is 1.90. The predicted molar refractivity (Wildman–Crippen MR) is 67.4 cm³/mol. The Labute approximate surface area is 101 Å². The molecule has 0 unspecified atom stereocenters. The predicted octanol–water partition coefficient (Wildman–Crippen LogP) is 2.95. The maximum absolute atomic E-state index is 11.9. The molecule has 0 saturated carbocycles. The second-order valence-corrected chi connectivity index (χ2v) is 5.68. The molecule has 0 saturated heterocycles. The highest BCUT2D eigenvalue weighted by molar-refractivity contribution is 7.86. The average molecular weight is 250 g/mol. The van der Waals surface area contributed by atoms with E-state index in [4.69, 9.17) is 4.18 Å². The molecule has 90 valence electrons. The number of rotatable bonds is 3. The van der Waals surface area contributed by atoms with Gasteiger partial charge in [0.25, 0.3) is 10.1 Å². The van der Waals surface area contributed by atoms with Gasteiger partial charge in [-0.05, 0) is 36.8 Å². The second-order valence-electron chi connectivity index (χ2n) is 4.11. The summed E-state index contributed by atoms with van der Waals surface area (Å²) in [7, 11) is -3.65. The van der Waals surface area contributed by atoms with Crippen LogP contribution in [0, 0.1) is 0 Å². The van der Waals surface area contributed by atoms with Crippen LogP contribution in [0.1, 0.15) is 13.8 Å². The van der Waals surface area contributed by atoms with Gasteiger partial charge in [-0.25, -0.2) is 0 Å². The van der Waals surface area contributed by atoms with Crippen molar-refractivity contribution in [3.63, 3.8) is 0 Å². The SMILES string of the molecule is CC(C)OS(=O)(=O)c1ccc2ccccc2c1. The van der Waals surface area contributed by atoms with E-state index in [0.717, 1.165) is 10.8 Å². The highest BCUT2D eigenvalue weighted by atomic mass is 32.2. The van der Waals surface area contributed by atoms with Crippen LogP contribution in [0.25, 0.3) is 10.8 Å². The zero-order valence-electron chi connectivity index (χ0n) is 9.75. The summed E-state index contributed by atoms with van der Waals surface area (Å²) in [6.45, 7) is 3.39. The molecule has 0 aliphatic carbocycles. The van der Waals surface area contributed by atoms with Gasteiger partial charge in [0.1, 0.15) is 0 Å². The van der Waals surface area contributed by atoms with Gasteiger partial charge in [-0.3, -0.25) is 4.18 Å². The Hall–Kier alpha value is -1.39. The highest BCUT2D eigenvalue weighted by Crippen LogP contribution is 2.20. The van der Waals surface area contributed by atoms with Crippen LogP contribution < -0.4 is 0 Å². The maximum Gasteiger partial charge on any atom is 0.297 e. The molecule has 0 spiro atoms. The van der Waals surface area contributed by atoms with Crippen LogP contribution >= 0.6 is 0 Å². The van der Waals surface area contributed by atoms with E-state index in [0.29, 0.717) is 0 Å². The molecule has 4 heteroatoms. The summed E-state index contributed by atoms with van der Waals surface area (Å²) in [6, 6.07) is 12.6. The number of hydrogen-bond donors (Lipinski definition) is 0. The first-order valence-corrected chi connectivity index (χ1v) is 6.82. The van der Waals surface area contributed by atoms with Crippen molar-refractivity contribution in [1.82, 2.24) is 0 Å². The summed E-state index contributed by atoms with van der Waals surface area (Å²) in [6.07, 6.45) is -0.355. The van der Waals surface area contributed by atoms with Gasteiger partial charge < -0.3 is 0 Å². The first-order valence-electron chi connectivity index (χ1n) is 5.41. The van der Waals surface area contributed by atoms with Crippen molar-refractivity contribution in [1.29, 1.82) is 0 Å². The van der Waals surface area contributed by atoms with E-state index in [2.05, 4.69) is 0 Å². The molecule has 3 nitrogen and oxygen atoms in total. The first kappa shape index (κ1) is 12.1. The van der Waals surface area contributed by atoms with Crippen LogP contribution in [-0.4, -0.2) is 14.5 Å². The lowest BCUT2D eigenvalue weighted by Gasteiger charge is -2.08. The summed E-state index contributed by atoms with van der Waals surface area (Å²) in [5.74, 6) is 0. The molecule has 2 aromatic rings. The third-order valence-corrected chi connectivity index (χ3v) is 3.80. The van der Waals surface area contributed by atoms with Crippen LogP contribution in [0.15, 0.2) is 47.4 Å². The van der Waals surface area contributed by atoms with Gasteiger partial charge in [0, 0.05) is 0 Å². The minimum absolute atomic E-state index is 0.199. The van der Waals surface area contributed by atoms with Gasteiger partial charge >= 0.3 is 0 Å². The van der Waals surface area contributed by atoms with Gasteiger partial charge in [-0.15, -0.1) is 0 Å². The van der Waals surface area contributed by atoms with Gasteiger partial charge in [-0.2, -0.15) is 8.42 Å². The van der Waals surface area contributed by atoms with E-state index >= 15 is 0 Å². The van der Waals surface area contributed by atoms with Gasteiger partial charge in [0.05, 0.1) is 11.0 Å². The quantitative estimate of drug-likeness (QED) is 0.787. The fourth-order valence-electron chi connectivity index (χ4n) is 1.63. The Balaban J connectivity index is 2.50. The molecule has 0 aliphatic rings. The summed E-state index contributed by atoms with van der Waals surface area (Å²) >= 11 is 0. The number of benzene rings is 2. The third-order valence-electron chi connectivity index (χ3n) is 2.33. The lowest BCUT2D eigenvalue weighted by molar-refractivity contribution is 0.249. The number of fused-ring (bicyclic) bond motifs is 1. The molecule has 0 N–H and O–H groups in total. The molecule has 0 aromatic heterocycles. The largest absolute Gasteiger partial charge is 0.297 e. The third kappa shape index (κ3) is 2.65. The summed E-state index contributed by atoms with van der Waals surface area (Å²) in [5.41, 5.74) is 0.